The number of carbonyl (C=O) groups excluding carboxylic acids is 2. The first-order valence-electron chi connectivity index (χ1n) is 10.1. The number of para-hydroxylation sites is 1. The van der Waals surface area contributed by atoms with Gasteiger partial charge in [0.15, 0.2) is 0 Å². The van der Waals surface area contributed by atoms with Gasteiger partial charge in [0.25, 0.3) is 0 Å². The van der Waals surface area contributed by atoms with Crippen LogP contribution in [0, 0.1) is 0 Å². The number of piperidine rings is 1. The molecule has 2 aromatic carbocycles. The molecule has 5 heteroatoms. The summed E-state index contributed by atoms with van der Waals surface area (Å²) in [7, 11) is 0. The predicted octanol–water partition coefficient (Wildman–Crippen LogP) is 4.38. The Bertz CT molecular complexity index is 756. The molecule has 0 bridgehead atoms. The van der Waals surface area contributed by atoms with Gasteiger partial charge in [-0.15, -0.1) is 0 Å². The molecule has 3 rings (SSSR count). The third kappa shape index (κ3) is 5.35. The van der Waals surface area contributed by atoms with E-state index in [-0.39, 0.29) is 23.9 Å². The Hall–Kier alpha value is -2.82. The van der Waals surface area contributed by atoms with Gasteiger partial charge in [-0.2, -0.15) is 0 Å². The molecule has 28 heavy (non-hydrogen) atoms. The molecule has 1 unspecified atom stereocenters. The van der Waals surface area contributed by atoms with Crippen LogP contribution in [0.1, 0.15) is 44.1 Å². The van der Waals surface area contributed by atoms with Gasteiger partial charge in [0, 0.05) is 24.8 Å². The molecule has 1 aliphatic heterocycles. The van der Waals surface area contributed by atoms with Crippen LogP contribution in [0.5, 0.6) is 0 Å². The molecule has 1 fully saturated rings. The van der Waals surface area contributed by atoms with Gasteiger partial charge in [0.1, 0.15) is 0 Å². The normalized spacial score (nSPS) is 15.7. The Morgan fingerprint density at radius 2 is 1.61 bits per heavy atom. The maximum absolute atomic E-state index is 12.9. The van der Waals surface area contributed by atoms with E-state index in [0.717, 1.165) is 36.9 Å². The molecule has 2 aromatic rings. The van der Waals surface area contributed by atoms with Crippen LogP contribution >= 0.6 is 0 Å². The van der Waals surface area contributed by atoms with Gasteiger partial charge in [-0.3, -0.25) is 4.79 Å². The summed E-state index contributed by atoms with van der Waals surface area (Å²) >= 11 is 0. The van der Waals surface area contributed by atoms with Crippen LogP contribution in [0.25, 0.3) is 0 Å². The largest absolute Gasteiger partial charge is 0.353 e. The molecule has 5 nitrogen and oxygen atoms in total. The van der Waals surface area contributed by atoms with Crippen LogP contribution in [-0.2, 0) is 4.79 Å². The minimum atomic E-state index is -0.106. The summed E-state index contributed by atoms with van der Waals surface area (Å²) in [5.41, 5.74) is 1.87. The van der Waals surface area contributed by atoms with Crippen molar-refractivity contribution >= 4 is 17.6 Å². The zero-order valence-corrected chi connectivity index (χ0v) is 16.4. The predicted molar refractivity (Wildman–Crippen MR) is 112 cm³/mol. The van der Waals surface area contributed by atoms with Gasteiger partial charge in [0.2, 0.25) is 5.91 Å². The highest BCUT2D eigenvalue weighted by molar-refractivity contribution is 5.89. The number of nitrogens with zero attached hydrogens (tertiary/aromatic N) is 1. The number of hydrogen-bond acceptors (Lipinski definition) is 2. The van der Waals surface area contributed by atoms with Crippen LogP contribution in [0.2, 0.25) is 0 Å². The average molecular weight is 380 g/mol. The van der Waals surface area contributed by atoms with Gasteiger partial charge in [0.05, 0.1) is 5.92 Å². The van der Waals surface area contributed by atoms with Crippen molar-refractivity contribution in [3.05, 3.63) is 66.2 Å². The van der Waals surface area contributed by atoms with Crippen LogP contribution in [0.3, 0.4) is 0 Å². The third-order valence-electron chi connectivity index (χ3n) is 5.25. The Morgan fingerprint density at radius 3 is 2.21 bits per heavy atom. The molecule has 0 aromatic heterocycles. The maximum Gasteiger partial charge on any atom is 0.321 e. The molecule has 0 radical (unpaired) electrons. The first kappa shape index (κ1) is 19.9. The number of anilines is 1. The fraction of sp³-hybridized carbons (Fsp3) is 0.391. The SMILES string of the molecule is CCCC(C(=O)NC1CCN(C(=O)Nc2ccccc2)CC1)c1ccccc1. The lowest BCUT2D eigenvalue weighted by atomic mass is 9.93. The van der Waals surface area contributed by atoms with Crippen LogP contribution in [-0.4, -0.2) is 36.0 Å². The van der Waals surface area contributed by atoms with E-state index >= 15 is 0 Å². The summed E-state index contributed by atoms with van der Waals surface area (Å²) in [6.45, 7) is 3.40. The van der Waals surface area contributed by atoms with E-state index in [4.69, 9.17) is 0 Å². The van der Waals surface area contributed by atoms with Crippen LogP contribution in [0.4, 0.5) is 10.5 Å². The van der Waals surface area contributed by atoms with Gasteiger partial charge < -0.3 is 15.5 Å². The first-order valence-corrected chi connectivity index (χ1v) is 10.1. The third-order valence-corrected chi connectivity index (χ3v) is 5.25. The first-order chi connectivity index (χ1) is 13.7. The minimum absolute atomic E-state index is 0.0795. The van der Waals surface area contributed by atoms with E-state index in [1.807, 2.05) is 65.6 Å². The number of carbonyl (C=O) groups is 2. The number of amides is 3. The summed E-state index contributed by atoms with van der Waals surface area (Å²) in [5, 5.41) is 6.14. The summed E-state index contributed by atoms with van der Waals surface area (Å²) in [6.07, 6.45) is 3.36. The second-order valence-corrected chi connectivity index (χ2v) is 7.32. The molecule has 148 valence electrons. The summed E-state index contributed by atoms with van der Waals surface area (Å²) in [6, 6.07) is 19.5. The molecular formula is C23H29N3O2. The summed E-state index contributed by atoms with van der Waals surface area (Å²) in [4.78, 5) is 27.1. The van der Waals surface area contributed by atoms with E-state index in [0.29, 0.717) is 13.1 Å². The molecule has 0 aliphatic carbocycles. The van der Waals surface area contributed by atoms with Gasteiger partial charge in [-0.05, 0) is 37.0 Å². The van der Waals surface area contributed by atoms with Gasteiger partial charge in [-0.25, -0.2) is 4.79 Å². The number of hydrogen-bond donors (Lipinski definition) is 2. The summed E-state index contributed by atoms with van der Waals surface area (Å²) < 4.78 is 0. The van der Waals surface area contributed by atoms with Crippen molar-refractivity contribution in [2.45, 2.75) is 44.6 Å². The molecule has 1 saturated heterocycles. The molecule has 0 spiro atoms. The lowest BCUT2D eigenvalue weighted by Crippen LogP contribution is -2.48. The Kier molecular flexibility index (Phi) is 7.06. The lowest BCUT2D eigenvalue weighted by Gasteiger charge is -2.33. The standard InChI is InChI=1S/C23H29N3O2/c1-2-9-21(18-10-5-3-6-11-18)22(27)24-20-14-16-26(17-15-20)23(28)25-19-12-7-4-8-13-19/h3-8,10-13,20-21H,2,9,14-17H2,1H3,(H,24,27)(H,25,28). The number of likely N-dealkylation sites (tertiary alicyclic amines) is 1. The Labute approximate surface area is 167 Å². The van der Waals surface area contributed by atoms with Crippen molar-refractivity contribution in [2.75, 3.05) is 18.4 Å². The van der Waals surface area contributed by atoms with Crippen molar-refractivity contribution in [1.29, 1.82) is 0 Å². The Balaban J connectivity index is 1.50. The molecule has 0 saturated carbocycles. The fourth-order valence-electron chi connectivity index (χ4n) is 3.68. The zero-order chi connectivity index (χ0) is 19.8. The second kappa shape index (κ2) is 9.93. The lowest BCUT2D eigenvalue weighted by molar-refractivity contribution is -0.123. The van der Waals surface area contributed by atoms with E-state index in [1.165, 1.54) is 0 Å². The number of urea groups is 1. The molecule has 1 aliphatic rings. The molecular weight excluding hydrogens is 350 g/mol. The maximum atomic E-state index is 12.9. The van der Waals surface area contributed by atoms with E-state index in [9.17, 15) is 9.59 Å². The number of rotatable bonds is 6. The van der Waals surface area contributed by atoms with E-state index in [1.54, 1.807) is 0 Å². The van der Waals surface area contributed by atoms with Crippen molar-refractivity contribution in [1.82, 2.24) is 10.2 Å². The average Bonchev–Trinajstić information content (AvgIpc) is 2.74. The molecule has 1 heterocycles. The highest BCUT2D eigenvalue weighted by Gasteiger charge is 2.27. The number of benzene rings is 2. The summed E-state index contributed by atoms with van der Waals surface area (Å²) in [5.74, 6) is -0.00848. The fourth-order valence-corrected chi connectivity index (χ4v) is 3.68. The Morgan fingerprint density at radius 1 is 1.00 bits per heavy atom. The van der Waals surface area contributed by atoms with Crippen molar-refractivity contribution < 1.29 is 9.59 Å². The zero-order valence-electron chi connectivity index (χ0n) is 16.4. The van der Waals surface area contributed by atoms with Crippen molar-refractivity contribution in [3.63, 3.8) is 0 Å². The molecule has 2 N–H and O–H groups in total. The highest BCUT2D eigenvalue weighted by Crippen LogP contribution is 2.22. The van der Waals surface area contributed by atoms with Crippen LogP contribution in [0.15, 0.2) is 60.7 Å². The second-order valence-electron chi connectivity index (χ2n) is 7.32. The highest BCUT2D eigenvalue weighted by atomic mass is 16.2. The monoisotopic (exact) mass is 379 g/mol. The smallest absolute Gasteiger partial charge is 0.321 e. The van der Waals surface area contributed by atoms with Crippen LogP contribution < -0.4 is 10.6 Å². The minimum Gasteiger partial charge on any atom is -0.353 e. The molecule has 3 amide bonds. The topological polar surface area (TPSA) is 61.4 Å². The number of nitrogens with one attached hydrogen (secondary N) is 2. The van der Waals surface area contributed by atoms with Crippen molar-refractivity contribution in [2.24, 2.45) is 0 Å². The van der Waals surface area contributed by atoms with Crippen molar-refractivity contribution in [3.8, 4) is 0 Å². The van der Waals surface area contributed by atoms with Gasteiger partial charge >= 0.3 is 6.03 Å². The molecule has 1 atom stereocenters. The van der Waals surface area contributed by atoms with E-state index < -0.39 is 0 Å². The van der Waals surface area contributed by atoms with Gasteiger partial charge in [-0.1, -0.05) is 61.9 Å². The van der Waals surface area contributed by atoms with E-state index in [2.05, 4.69) is 17.6 Å². The quantitative estimate of drug-likeness (QED) is 0.782.